The minimum absolute atomic E-state index is 0.107. The van der Waals surface area contributed by atoms with Crippen LogP contribution in [-0.2, 0) is 16.0 Å². The topological polar surface area (TPSA) is 110 Å². The van der Waals surface area contributed by atoms with E-state index >= 15 is 0 Å². The maximum atomic E-state index is 13.6. The summed E-state index contributed by atoms with van der Waals surface area (Å²) in [6.45, 7) is 6.63. The lowest BCUT2D eigenvalue weighted by molar-refractivity contribution is -0.00227. The molecule has 9 nitrogen and oxygen atoms in total. The van der Waals surface area contributed by atoms with Crippen molar-refractivity contribution in [2.45, 2.75) is 77.0 Å². The van der Waals surface area contributed by atoms with Gasteiger partial charge in [-0.05, 0) is 69.4 Å². The predicted octanol–water partition coefficient (Wildman–Crippen LogP) is 6.06. The molecule has 42 heavy (non-hydrogen) atoms. The zero-order chi connectivity index (χ0) is 29.9. The van der Waals surface area contributed by atoms with Crippen molar-refractivity contribution in [2.24, 2.45) is 0 Å². The van der Waals surface area contributed by atoms with E-state index in [0.29, 0.717) is 12.5 Å². The fourth-order valence-electron chi connectivity index (χ4n) is 6.29. The van der Waals surface area contributed by atoms with Gasteiger partial charge in [0.05, 0.1) is 37.1 Å². The van der Waals surface area contributed by atoms with Crippen molar-refractivity contribution in [3.05, 3.63) is 53.6 Å². The largest absolute Gasteiger partial charge is 0.491 e. The van der Waals surface area contributed by atoms with E-state index in [2.05, 4.69) is 10.6 Å². The van der Waals surface area contributed by atoms with Crippen molar-refractivity contribution in [3.63, 3.8) is 0 Å². The van der Waals surface area contributed by atoms with Gasteiger partial charge in [-0.2, -0.15) is 0 Å². The van der Waals surface area contributed by atoms with Crippen LogP contribution in [0.5, 0.6) is 5.75 Å². The zero-order valence-electron chi connectivity index (χ0n) is 24.8. The standard InChI is InChI=1S/C33H42N2O7/c1-33(2,3)42-32(39)34(15-17-40-18-16-36)24-20-35-27-19-23(31(37)38)13-14-25(27)29(22-9-5-4-6-10-22)30(35)26-11-7-8-12-28(26)41-21-24/h7-8,11-14,19,22,24,36H,4-6,9-10,15-18,20-21H2,1-3H3,(H,37,38)/t24-/m1/s1. The van der Waals surface area contributed by atoms with Crippen molar-refractivity contribution in [1.29, 1.82) is 0 Å². The van der Waals surface area contributed by atoms with Crippen LogP contribution in [-0.4, -0.2) is 76.4 Å². The molecule has 1 aliphatic heterocycles. The molecule has 0 unspecified atom stereocenters. The van der Waals surface area contributed by atoms with E-state index in [0.717, 1.165) is 53.6 Å². The molecule has 5 rings (SSSR count). The fraction of sp³-hybridized carbons (Fsp3) is 0.515. The molecular weight excluding hydrogens is 536 g/mol. The second-order valence-electron chi connectivity index (χ2n) is 12.2. The van der Waals surface area contributed by atoms with E-state index < -0.39 is 23.7 Å². The van der Waals surface area contributed by atoms with Gasteiger partial charge in [0, 0.05) is 29.6 Å². The molecule has 2 aliphatic rings. The Hall–Kier alpha value is -3.56. The average molecular weight is 579 g/mol. The predicted molar refractivity (Wildman–Crippen MR) is 160 cm³/mol. The molecule has 1 amide bonds. The van der Waals surface area contributed by atoms with Crippen LogP contribution in [0.1, 0.15) is 74.7 Å². The Morgan fingerprint density at radius 1 is 1.07 bits per heavy atom. The number of carboxylic acids is 1. The molecular formula is C33H42N2O7. The van der Waals surface area contributed by atoms with Crippen molar-refractivity contribution < 1.29 is 34.0 Å². The summed E-state index contributed by atoms with van der Waals surface area (Å²) in [5, 5.41) is 20.1. The Labute approximate surface area is 247 Å². The molecule has 226 valence electrons. The molecule has 3 aromatic rings. The molecule has 1 saturated carbocycles. The van der Waals surface area contributed by atoms with E-state index in [-0.39, 0.29) is 38.5 Å². The van der Waals surface area contributed by atoms with E-state index in [1.807, 2.05) is 45.0 Å². The van der Waals surface area contributed by atoms with Gasteiger partial charge < -0.3 is 29.0 Å². The number of aromatic carboxylic acids is 1. The molecule has 0 radical (unpaired) electrons. The number of fused-ring (bicyclic) bond motifs is 5. The van der Waals surface area contributed by atoms with Crippen LogP contribution < -0.4 is 4.74 Å². The van der Waals surface area contributed by atoms with Gasteiger partial charge in [-0.3, -0.25) is 4.90 Å². The second kappa shape index (κ2) is 12.8. The average Bonchev–Trinajstić information content (AvgIpc) is 3.26. The Kier molecular flexibility index (Phi) is 9.08. The smallest absolute Gasteiger partial charge is 0.410 e. The highest BCUT2D eigenvalue weighted by Gasteiger charge is 2.35. The first-order valence-corrected chi connectivity index (χ1v) is 15.0. The van der Waals surface area contributed by atoms with Gasteiger partial charge in [0.15, 0.2) is 0 Å². The summed E-state index contributed by atoms with van der Waals surface area (Å²) >= 11 is 0. The van der Waals surface area contributed by atoms with Gasteiger partial charge in [-0.1, -0.05) is 37.5 Å². The van der Waals surface area contributed by atoms with Crippen molar-refractivity contribution in [1.82, 2.24) is 9.47 Å². The summed E-state index contributed by atoms with van der Waals surface area (Å²) in [4.78, 5) is 27.3. The lowest BCUT2D eigenvalue weighted by Gasteiger charge is -2.35. The first-order chi connectivity index (χ1) is 20.2. The van der Waals surface area contributed by atoms with E-state index in [1.165, 1.54) is 12.0 Å². The van der Waals surface area contributed by atoms with Gasteiger partial charge in [0.1, 0.15) is 18.0 Å². The number of ether oxygens (including phenoxy) is 3. The molecule has 1 atom stereocenters. The van der Waals surface area contributed by atoms with Crippen LogP contribution in [0.15, 0.2) is 42.5 Å². The molecule has 9 heteroatoms. The van der Waals surface area contributed by atoms with Gasteiger partial charge in [0.2, 0.25) is 0 Å². The molecule has 0 spiro atoms. The zero-order valence-corrected chi connectivity index (χ0v) is 24.8. The van der Waals surface area contributed by atoms with E-state index in [9.17, 15) is 19.8 Å². The van der Waals surface area contributed by atoms with Gasteiger partial charge >= 0.3 is 12.1 Å². The third-order valence-electron chi connectivity index (χ3n) is 8.11. The lowest BCUT2D eigenvalue weighted by Crippen LogP contribution is -2.49. The summed E-state index contributed by atoms with van der Waals surface area (Å²) in [7, 11) is 0. The number of aromatic nitrogens is 1. The van der Waals surface area contributed by atoms with E-state index in [4.69, 9.17) is 14.2 Å². The minimum Gasteiger partial charge on any atom is -0.491 e. The number of hydrogen-bond acceptors (Lipinski definition) is 6. The van der Waals surface area contributed by atoms with Crippen LogP contribution in [0.25, 0.3) is 22.2 Å². The van der Waals surface area contributed by atoms with Gasteiger partial charge in [-0.25, -0.2) is 9.59 Å². The third-order valence-corrected chi connectivity index (χ3v) is 8.11. The number of para-hydroxylation sites is 1. The number of hydrogen-bond donors (Lipinski definition) is 2. The molecule has 0 saturated heterocycles. The van der Waals surface area contributed by atoms with Crippen LogP contribution in [0, 0.1) is 0 Å². The molecule has 1 aliphatic carbocycles. The lowest BCUT2D eigenvalue weighted by atomic mass is 9.81. The maximum absolute atomic E-state index is 13.6. The molecule has 2 aromatic carbocycles. The molecule has 1 fully saturated rings. The highest BCUT2D eigenvalue weighted by atomic mass is 16.6. The van der Waals surface area contributed by atoms with Gasteiger partial charge in [-0.15, -0.1) is 0 Å². The van der Waals surface area contributed by atoms with Crippen LogP contribution in [0.3, 0.4) is 0 Å². The van der Waals surface area contributed by atoms with Crippen LogP contribution in [0.4, 0.5) is 4.79 Å². The number of aliphatic hydroxyl groups is 1. The number of rotatable bonds is 8. The summed E-state index contributed by atoms with van der Waals surface area (Å²) < 4.78 is 20.0. The third kappa shape index (κ3) is 6.42. The maximum Gasteiger partial charge on any atom is 0.410 e. The number of amides is 1. The Balaban J connectivity index is 1.68. The highest BCUT2D eigenvalue weighted by Crippen LogP contribution is 2.47. The number of carboxylic acid groups (broad SMARTS) is 1. The summed E-state index contributed by atoms with van der Waals surface area (Å²) in [6, 6.07) is 12.9. The SMILES string of the molecule is CC(C)(C)OC(=O)N(CCOCCO)[C@H]1COc2ccccc2-c2c(C3CCCCC3)c3ccc(C(=O)O)cc3n2C1. The molecule has 0 bridgehead atoms. The first kappa shape index (κ1) is 29.9. The molecule has 2 N–H and O–H groups in total. The summed E-state index contributed by atoms with van der Waals surface area (Å²) in [5.74, 6) is 0.0876. The van der Waals surface area contributed by atoms with Gasteiger partial charge in [0.25, 0.3) is 0 Å². The quantitative estimate of drug-likeness (QED) is 0.313. The Morgan fingerprint density at radius 2 is 1.83 bits per heavy atom. The number of carbonyl (C=O) groups excluding carboxylic acids is 1. The second-order valence-corrected chi connectivity index (χ2v) is 12.2. The van der Waals surface area contributed by atoms with Crippen molar-refractivity contribution in [3.8, 4) is 17.0 Å². The highest BCUT2D eigenvalue weighted by molar-refractivity contribution is 5.98. The summed E-state index contributed by atoms with van der Waals surface area (Å²) in [6.07, 6.45) is 5.21. The van der Waals surface area contributed by atoms with Crippen molar-refractivity contribution in [2.75, 3.05) is 33.0 Å². The minimum atomic E-state index is -0.978. The first-order valence-electron chi connectivity index (χ1n) is 15.0. The molecule has 1 aromatic heterocycles. The monoisotopic (exact) mass is 578 g/mol. The summed E-state index contributed by atoms with van der Waals surface area (Å²) in [5.41, 5.74) is 3.59. The van der Waals surface area contributed by atoms with E-state index in [1.54, 1.807) is 17.0 Å². The number of aliphatic hydroxyl groups excluding tert-OH is 1. The van der Waals surface area contributed by atoms with Crippen molar-refractivity contribution >= 4 is 23.0 Å². The van der Waals surface area contributed by atoms with Crippen LogP contribution in [0.2, 0.25) is 0 Å². The number of carbonyl (C=O) groups is 2. The Bertz CT molecular complexity index is 1420. The number of nitrogens with zero attached hydrogens (tertiary/aromatic N) is 2. The fourth-order valence-corrected chi connectivity index (χ4v) is 6.29. The number of benzene rings is 2. The molecule has 2 heterocycles. The normalized spacial score (nSPS) is 17.5. The van der Waals surface area contributed by atoms with Crippen LogP contribution >= 0.6 is 0 Å². The Morgan fingerprint density at radius 3 is 2.55 bits per heavy atom.